The van der Waals surface area contributed by atoms with Gasteiger partial charge < -0.3 is 19.9 Å². The van der Waals surface area contributed by atoms with E-state index in [1.165, 1.54) is 5.56 Å². The predicted molar refractivity (Wildman–Crippen MR) is 76.5 cm³/mol. The highest BCUT2D eigenvalue weighted by atomic mass is 16.7. The lowest BCUT2D eigenvalue weighted by Gasteiger charge is -2.24. The molecular weight excluding hydrogens is 242 g/mol. The van der Waals surface area contributed by atoms with Gasteiger partial charge in [0, 0.05) is 13.2 Å². The number of nitrogens with two attached hydrogens (primary N) is 1. The van der Waals surface area contributed by atoms with Crippen molar-refractivity contribution in [3.8, 4) is 5.75 Å². The minimum atomic E-state index is -0.375. The maximum Gasteiger partial charge on any atom is 0.172 e. The fourth-order valence-electron chi connectivity index (χ4n) is 2.04. The Bertz CT molecular complexity index is 376. The topological polar surface area (TPSA) is 53.7 Å². The molecule has 0 fully saturated rings. The third kappa shape index (κ3) is 4.82. The van der Waals surface area contributed by atoms with Crippen molar-refractivity contribution in [2.24, 2.45) is 5.73 Å². The second-order valence-corrected chi connectivity index (χ2v) is 4.46. The number of hydrogen-bond donors (Lipinski definition) is 1. The molecular formula is C15H25NO3. The van der Waals surface area contributed by atoms with Crippen LogP contribution in [0.1, 0.15) is 25.0 Å². The summed E-state index contributed by atoms with van der Waals surface area (Å²) in [4.78, 5) is 0. The molecule has 0 amide bonds. The van der Waals surface area contributed by atoms with Gasteiger partial charge in [0.15, 0.2) is 6.29 Å². The fraction of sp³-hybridized carbons (Fsp3) is 0.600. The van der Waals surface area contributed by atoms with E-state index < -0.39 is 0 Å². The SMILES string of the molecule is CCOC(OCC)C(N)Cc1cc(C)ccc1OC. The first-order chi connectivity index (χ1) is 9.12. The molecule has 0 aliphatic carbocycles. The molecule has 1 atom stereocenters. The van der Waals surface area contributed by atoms with E-state index in [4.69, 9.17) is 19.9 Å². The van der Waals surface area contributed by atoms with Crippen LogP contribution in [0, 0.1) is 6.92 Å². The maximum absolute atomic E-state index is 6.19. The first kappa shape index (κ1) is 16.0. The molecule has 0 bridgehead atoms. The molecule has 0 spiro atoms. The molecule has 1 unspecified atom stereocenters. The minimum absolute atomic E-state index is 0.212. The second kappa shape index (κ2) is 8.15. The monoisotopic (exact) mass is 267 g/mol. The van der Waals surface area contributed by atoms with E-state index in [9.17, 15) is 0 Å². The van der Waals surface area contributed by atoms with Crippen LogP contribution in [0.25, 0.3) is 0 Å². The van der Waals surface area contributed by atoms with Crippen molar-refractivity contribution in [3.05, 3.63) is 29.3 Å². The molecule has 0 saturated carbocycles. The van der Waals surface area contributed by atoms with Gasteiger partial charge in [0.1, 0.15) is 5.75 Å². The van der Waals surface area contributed by atoms with Gasteiger partial charge in [-0.1, -0.05) is 17.7 Å². The van der Waals surface area contributed by atoms with E-state index in [-0.39, 0.29) is 12.3 Å². The molecule has 0 saturated heterocycles. The first-order valence-electron chi connectivity index (χ1n) is 6.74. The van der Waals surface area contributed by atoms with Crippen LogP contribution >= 0.6 is 0 Å². The summed E-state index contributed by atoms with van der Waals surface area (Å²) in [5.74, 6) is 0.854. The van der Waals surface area contributed by atoms with E-state index >= 15 is 0 Å². The highest BCUT2D eigenvalue weighted by Gasteiger charge is 2.20. The largest absolute Gasteiger partial charge is 0.496 e. The smallest absolute Gasteiger partial charge is 0.172 e. The Hall–Kier alpha value is -1.10. The van der Waals surface area contributed by atoms with Gasteiger partial charge >= 0.3 is 0 Å². The van der Waals surface area contributed by atoms with E-state index in [2.05, 4.69) is 13.0 Å². The Morgan fingerprint density at radius 3 is 2.32 bits per heavy atom. The molecule has 108 valence electrons. The summed E-state index contributed by atoms with van der Waals surface area (Å²) in [5, 5.41) is 0. The fourth-order valence-corrected chi connectivity index (χ4v) is 2.04. The van der Waals surface area contributed by atoms with Gasteiger partial charge in [-0.05, 0) is 38.8 Å². The highest BCUT2D eigenvalue weighted by molar-refractivity contribution is 5.37. The van der Waals surface area contributed by atoms with Crippen molar-refractivity contribution in [2.45, 2.75) is 39.5 Å². The summed E-state index contributed by atoms with van der Waals surface area (Å²) in [5.41, 5.74) is 8.46. The lowest BCUT2D eigenvalue weighted by molar-refractivity contribution is -0.148. The van der Waals surface area contributed by atoms with Crippen molar-refractivity contribution in [2.75, 3.05) is 20.3 Å². The van der Waals surface area contributed by atoms with Crippen LogP contribution in [0.3, 0.4) is 0 Å². The van der Waals surface area contributed by atoms with E-state index in [0.29, 0.717) is 19.6 Å². The molecule has 19 heavy (non-hydrogen) atoms. The molecule has 0 radical (unpaired) electrons. The molecule has 0 aliphatic heterocycles. The third-order valence-corrected chi connectivity index (χ3v) is 2.90. The van der Waals surface area contributed by atoms with Gasteiger partial charge in [-0.15, -0.1) is 0 Å². The number of benzene rings is 1. The Kier molecular flexibility index (Phi) is 6.84. The number of ether oxygens (including phenoxy) is 3. The van der Waals surface area contributed by atoms with Crippen LogP contribution in [0.15, 0.2) is 18.2 Å². The van der Waals surface area contributed by atoms with Gasteiger partial charge in [-0.3, -0.25) is 0 Å². The third-order valence-electron chi connectivity index (χ3n) is 2.90. The lowest BCUT2D eigenvalue weighted by Crippen LogP contribution is -2.40. The van der Waals surface area contributed by atoms with Crippen molar-refractivity contribution < 1.29 is 14.2 Å². The highest BCUT2D eigenvalue weighted by Crippen LogP contribution is 2.22. The van der Waals surface area contributed by atoms with Gasteiger partial charge in [0.25, 0.3) is 0 Å². The van der Waals surface area contributed by atoms with Crippen LogP contribution in [0.2, 0.25) is 0 Å². The van der Waals surface area contributed by atoms with Gasteiger partial charge in [0.2, 0.25) is 0 Å². The Labute approximate surface area is 115 Å². The Morgan fingerprint density at radius 1 is 1.16 bits per heavy atom. The zero-order chi connectivity index (χ0) is 14.3. The zero-order valence-electron chi connectivity index (χ0n) is 12.3. The quantitative estimate of drug-likeness (QED) is 0.734. The molecule has 0 aliphatic rings. The maximum atomic E-state index is 6.19. The molecule has 2 N–H and O–H groups in total. The standard InChI is InChI=1S/C15H25NO3/c1-5-18-15(19-6-2)13(16)10-12-9-11(3)7-8-14(12)17-4/h7-9,13,15H,5-6,10,16H2,1-4H3. The zero-order valence-corrected chi connectivity index (χ0v) is 12.3. The summed E-state index contributed by atoms with van der Waals surface area (Å²) in [6, 6.07) is 5.87. The normalized spacial score (nSPS) is 12.7. The van der Waals surface area contributed by atoms with Crippen molar-refractivity contribution >= 4 is 0 Å². The van der Waals surface area contributed by atoms with Crippen molar-refractivity contribution in [1.29, 1.82) is 0 Å². The molecule has 4 heteroatoms. The first-order valence-corrected chi connectivity index (χ1v) is 6.74. The van der Waals surface area contributed by atoms with Crippen LogP contribution in [-0.4, -0.2) is 32.7 Å². The molecule has 0 aromatic heterocycles. The molecule has 1 aromatic carbocycles. The van der Waals surface area contributed by atoms with E-state index in [0.717, 1.165) is 11.3 Å². The summed E-state index contributed by atoms with van der Waals surface area (Å²) < 4.78 is 16.4. The van der Waals surface area contributed by atoms with Crippen LogP contribution in [0.4, 0.5) is 0 Å². The number of methoxy groups -OCH3 is 1. The number of rotatable bonds is 8. The average molecular weight is 267 g/mol. The second-order valence-electron chi connectivity index (χ2n) is 4.46. The Morgan fingerprint density at radius 2 is 1.79 bits per heavy atom. The molecule has 4 nitrogen and oxygen atoms in total. The summed E-state index contributed by atoms with van der Waals surface area (Å²) in [7, 11) is 1.67. The minimum Gasteiger partial charge on any atom is -0.496 e. The molecule has 1 aromatic rings. The van der Waals surface area contributed by atoms with Crippen molar-refractivity contribution in [3.63, 3.8) is 0 Å². The number of aryl methyl sites for hydroxylation is 1. The van der Waals surface area contributed by atoms with Crippen molar-refractivity contribution in [1.82, 2.24) is 0 Å². The van der Waals surface area contributed by atoms with Crippen LogP contribution in [-0.2, 0) is 15.9 Å². The summed E-state index contributed by atoms with van der Waals surface area (Å²) in [6.07, 6.45) is 0.287. The molecule has 1 rings (SSSR count). The summed E-state index contributed by atoms with van der Waals surface area (Å²) >= 11 is 0. The van der Waals surface area contributed by atoms with Crippen LogP contribution in [0.5, 0.6) is 5.75 Å². The Balaban J connectivity index is 2.78. The van der Waals surface area contributed by atoms with Crippen LogP contribution < -0.4 is 10.5 Å². The van der Waals surface area contributed by atoms with E-state index in [1.54, 1.807) is 7.11 Å². The summed E-state index contributed by atoms with van der Waals surface area (Å²) in [6.45, 7) is 7.10. The predicted octanol–water partition coefficient (Wildman–Crippen LogP) is 2.27. The molecule has 0 heterocycles. The lowest BCUT2D eigenvalue weighted by atomic mass is 10.0. The van der Waals surface area contributed by atoms with Gasteiger partial charge in [0.05, 0.1) is 13.2 Å². The van der Waals surface area contributed by atoms with Gasteiger partial charge in [-0.25, -0.2) is 0 Å². The average Bonchev–Trinajstić information content (AvgIpc) is 2.38. The van der Waals surface area contributed by atoms with E-state index in [1.807, 2.05) is 26.0 Å². The number of hydrogen-bond acceptors (Lipinski definition) is 4. The van der Waals surface area contributed by atoms with Gasteiger partial charge in [-0.2, -0.15) is 0 Å².